The molecule has 0 radical (unpaired) electrons. The van der Waals surface area contributed by atoms with E-state index in [1.165, 1.54) is 6.26 Å². The maximum absolute atomic E-state index is 11.9. The van der Waals surface area contributed by atoms with Crippen molar-refractivity contribution in [2.75, 3.05) is 13.3 Å². The highest BCUT2D eigenvalue weighted by molar-refractivity contribution is 7.90. The number of hydrogen-bond donors (Lipinski definition) is 1. The fraction of sp³-hybridized carbons (Fsp3) is 0.333. The first-order valence-corrected chi connectivity index (χ1v) is 10.4. The molecule has 3 nitrogen and oxygen atoms in total. The van der Waals surface area contributed by atoms with E-state index in [-0.39, 0.29) is 12.0 Å². The number of rotatable bonds is 3. The summed E-state index contributed by atoms with van der Waals surface area (Å²) in [7, 11) is -1.32. The second-order valence-corrected chi connectivity index (χ2v) is 9.04. The third-order valence-corrected chi connectivity index (χ3v) is 6.53. The Labute approximate surface area is 152 Å². The number of halogens is 2. The predicted octanol–water partition coefficient (Wildman–Crippen LogP) is 4.58. The van der Waals surface area contributed by atoms with Crippen molar-refractivity contribution < 1.29 is 8.42 Å². The lowest BCUT2D eigenvalue weighted by atomic mass is 9.77. The Morgan fingerprint density at radius 2 is 1.75 bits per heavy atom. The first kappa shape index (κ1) is 17.7. The zero-order valence-corrected chi connectivity index (χ0v) is 15.8. The fourth-order valence-corrected chi connectivity index (χ4v) is 4.38. The minimum absolute atomic E-state index is 0.153. The van der Waals surface area contributed by atoms with Crippen molar-refractivity contribution in [2.45, 2.75) is 29.7 Å². The van der Waals surface area contributed by atoms with Crippen LogP contribution in [0.15, 0.2) is 41.3 Å². The Morgan fingerprint density at radius 3 is 2.38 bits per heavy atom. The van der Waals surface area contributed by atoms with E-state index in [9.17, 15) is 8.42 Å². The van der Waals surface area contributed by atoms with E-state index in [1.54, 1.807) is 12.1 Å². The molecule has 1 aliphatic carbocycles. The van der Waals surface area contributed by atoms with Gasteiger partial charge in [0.25, 0.3) is 0 Å². The van der Waals surface area contributed by atoms with Crippen molar-refractivity contribution in [3.05, 3.63) is 63.1 Å². The maximum Gasteiger partial charge on any atom is 0.175 e. The van der Waals surface area contributed by atoms with Crippen LogP contribution >= 0.6 is 23.2 Å². The standard InChI is InChI=1S/C18H19Cl2NO2S/c1-21-18-8-6-13(11-3-7-16(19)17(20)9-11)14-5-4-12(10-15(14)18)24(2,22)23/h3-5,7,9-10,13,18,21H,6,8H2,1-2H3/t13?,18-/m0/s1. The number of benzene rings is 2. The molecule has 0 amide bonds. The lowest BCUT2D eigenvalue weighted by Gasteiger charge is -2.32. The molecule has 6 heteroatoms. The first-order valence-electron chi connectivity index (χ1n) is 7.77. The van der Waals surface area contributed by atoms with Gasteiger partial charge in [0.1, 0.15) is 0 Å². The van der Waals surface area contributed by atoms with Crippen molar-refractivity contribution in [2.24, 2.45) is 0 Å². The summed E-state index contributed by atoms with van der Waals surface area (Å²) in [5.41, 5.74) is 3.29. The Balaban J connectivity index is 2.12. The molecule has 2 atom stereocenters. The van der Waals surface area contributed by atoms with Gasteiger partial charge < -0.3 is 5.32 Å². The third kappa shape index (κ3) is 3.33. The molecule has 128 valence electrons. The number of nitrogens with one attached hydrogen (secondary N) is 1. The molecule has 0 saturated heterocycles. The molecule has 0 aliphatic heterocycles. The lowest BCUT2D eigenvalue weighted by Crippen LogP contribution is -2.24. The minimum atomic E-state index is -3.23. The largest absolute Gasteiger partial charge is 0.313 e. The Bertz CT molecular complexity index is 881. The van der Waals surface area contributed by atoms with Crippen LogP contribution in [0.1, 0.15) is 41.5 Å². The van der Waals surface area contributed by atoms with E-state index in [0.29, 0.717) is 14.9 Å². The summed E-state index contributed by atoms with van der Waals surface area (Å²) >= 11 is 12.2. The van der Waals surface area contributed by atoms with Gasteiger partial charge in [-0.1, -0.05) is 35.3 Å². The molecule has 0 aromatic heterocycles. The van der Waals surface area contributed by atoms with Crippen LogP contribution in [0.25, 0.3) is 0 Å². The summed E-state index contributed by atoms with van der Waals surface area (Å²) in [6.45, 7) is 0. The Hall–Kier alpha value is -1.07. The van der Waals surface area contributed by atoms with Crippen molar-refractivity contribution in [1.29, 1.82) is 0 Å². The van der Waals surface area contributed by atoms with Crippen molar-refractivity contribution >= 4 is 33.0 Å². The molecule has 0 saturated carbocycles. The highest BCUT2D eigenvalue weighted by Crippen LogP contribution is 2.43. The Kier molecular flexibility index (Phi) is 4.94. The van der Waals surface area contributed by atoms with Crippen molar-refractivity contribution in [3.63, 3.8) is 0 Å². The SMILES string of the molecule is CN[C@H]1CCC(c2ccc(Cl)c(Cl)c2)c2ccc(S(C)(=O)=O)cc21. The zero-order chi connectivity index (χ0) is 17.5. The summed E-state index contributed by atoms with van der Waals surface area (Å²) in [6.07, 6.45) is 3.14. The summed E-state index contributed by atoms with van der Waals surface area (Å²) < 4.78 is 23.8. The number of hydrogen-bond acceptors (Lipinski definition) is 3. The lowest BCUT2D eigenvalue weighted by molar-refractivity contribution is 0.469. The molecule has 2 aromatic rings. The normalized spacial score (nSPS) is 20.7. The van der Waals surface area contributed by atoms with Crippen LogP contribution in [-0.4, -0.2) is 21.7 Å². The van der Waals surface area contributed by atoms with E-state index in [1.807, 2.05) is 31.3 Å². The minimum Gasteiger partial charge on any atom is -0.313 e. The summed E-state index contributed by atoms with van der Waals surface area (Å²) in [4.78, 5) is 0.358. The quantitative estimate of drug-likeness (QED) is 0.843. The Morgan fingerprint density at radius 1 is 1.00 bits per heavy atom. The molecule has 2 aromatic carbocycles. The molecule has 1 N–H and O–H groups in total. The van der Waals surface area contributed by atoms with Gasteiger partial charge >= 0.3 is 0 Å². The van der Waals surface area contributed by atoms with Gasteiger partial charge in [0.2, 0.25) is 0 Å². The highest BCUT2D eigenvalue weighted by Gasteiger charge is 2.28. The van der Waals surface area contributed by atoms with E-state index >= 15 is 0 Å². The van der Waals surface area contributed by atoms with Crippen LogP contribution in [0.3, 0.4) is 0 Å². The maximum atomic E-state index is 11.9. The van der Waals surface area contributed by atoms with Gasteiger partial charge in [-0.15, -0.1) is 0 Å². The fourth-order valence-electron chi connectivity index (χ4n) is 3.42. The topological polar surface area (TPSA) is 46.2 Å². The molecule has 0 fully saturated rings. The van der Waals surface area contributed by atoms with Crippen LogP contribution in [0.2, 0.25) is 10.0 Å². The molecule has 24 heavy (non-hydrogen) atoms. The average Bonchev–Trinajstić information content (AvgIpc) is 2.55. The van der Waals surface area contributed by atoms with E-state index < -0.39 is 9.84 Å². The van der Waals surface area contributed by atoms with Gasteiger partial charge in [0.15, 0.2) is 9.84 Å². The number of sulfone groups is 1. The van der Waals surface area contributed by atoms with E-state index in [2.05, 4.69) is 5.32 Å². The second kappa shape index (κ2) is 6.68. The van der Waals surface area contributed by atoms with Gasteiger partial charge in [-0.3, -0.25) is 0 Å². The third-order valence-electron chi connectivity index (χ3n) is 4.68. The van der Waals surface area contributed by atoms with Gasteiger partial charge in [0, 0.05) is 18.2 Å². The molecule has 0 heterocycles. The van der Waals surface area contributed by atoms with Crippen LogP contribution in [0.5, 0.6) is 0 Å². The van der Waals surface area contributed by atoms with Crippen LogP contribution in [-0.2, 0) is 9.84 Å². The first-order chi connectivity index (χ1) is 11.3. The highest BCUT2D eigenvalue weighted by atomic mass is 35.5. The second-order valence-electron chi connectivity index (χ2n) is 6.21. The molecule has 1 unspecified atom stereocenters. The van der Waals surface area contributed by atoms with Gasteiger partial charge in [0.05, 0.1) is 14.9 Å². The predicted molar refractivity (Wildman–Crippen MR) is 98.9 cm³/mol. The van der Waals surface area contributed by atoms with Crippen LogP contribution in [0.4, 0.5) is 0 Å². The molecule has 0 spiro atoms. The molecule has 1 aliphatic rings. The average molecular weight is 384 g/mol. The van der Waals surface area contributed by atoms with Gasteiger partial charge in [-0.05, 0) is 60.8 Å². The van der Waals surface area contributed by atoms with E-state index in [4.69, 9.17) is 23.2 Å². The molecular weight excluding hydrogens is 365 g/mol. The zero-order valence-electron chi connectivity index (χ0n) is 13.5. The number of fused-ring (bicyclic) bond motifs is 1. The monoisotopic (exact) mass is 383 g/mol. The van der Waals surface area contributed by atoms with Crippen LogP contribution < -0.4 is 5.32 Å². The summed E-state index contributed by atoms with van der Waals surface area (Å²) in [6, 6.07) is 11.3. The van der Waals surface area contributed by atoms with Crippen molar-refractivity contribution in [3.8, 4) is 0 Å². The summed E-state index contributed by atoms with van der Waals surface area (Å²) in [5.74, 6) is 0.188. The smallest absolute Gasteiger partial charge is 0.175 e. The molecular formula is C18H19Cl2NO2S. The van der Waals surface area contributed by atoms with Gasteiger partial charge in [-0.2, -0.15) is 0 Å². The van der Waals surface area contributed by atoms with Crippen LogP contribution in [0, 0.1) is 0 Å². The van der Waals surface area contributed by atoms with Gasteiger partial charge in [-0.25, -0.2) is 8.42 Å². The molecule has 3 rings (SSSR count). The molecule has 0 bridgehead atoms. The summed E-state index contributed by atoms with van der Waals surface area (Å²) in [5, 5.41) is 4.37. The van der Waals surface area contributed by atoms with Crippen molar-refractivity contribution in [1.82, 2.24) is 5.32 Å². The van der Waals surface area contributed by atoms with E-state index in [0.717, 1.165) is 29.5 Å².